The third-order valence-electron chi connectivity index (χ3n) is 3.95. The maximum absolute atomic E-state index is 13.9. The Balaban J connectivity index is 1.91. The van der Waals surface area contributed by atoms with E-state index in [1.807, 2.05) is 12.1 Å². The zero-order valence-corrected chi connectivity index (χ0v) is 11.6. The zero-order chi connectivity index (χ0) is 14.8. The number of halogens is 1. The van der Waals surface area contributed by atoms with Crippen LogP contribution in [0.15, 0.2) is 42.5 Å². The second-order valence-electron chi connectivity index (χ2n) is 5.35. The maximum atomic E-state index is 13.9. The lowest BCUT2D eigenvalue weighted by molar-refractivity contribution is 0.100. The zero-order valence-electron chi connectivity index (χ0n) is 11.6. The third kappa shape index (κ3) is 2.75. The van der Waals surface area contributed by atoms with E-state index >= 15 is 0 Å². The van der Waals surface area contributed by atoms with Gasteiger partial charge in [0.2, 0.25) is 5.91 Å². The molecule has 0 radical (unpaired) electrons. The van der Waals surface area contributed by atoms with Gasteiger partial charge in [-0.3, -0.25) is 4.79 Å². The number of hydrogen-bond acceptors (Lipinski definition) is 2. The maximum Gasteiger partial charge on any atom is 0.248 e. The Hall–Kier alpha value is -2.36. The van der Waals surface area contributed by atoms with E-state index in [0.29, 0.717) is 11.3 Å². The number of fused-ring (bicyclic) bond motifs is 1. The van der Waals surface area contributed by atoms with Crippen LogP contribution in [0.25, 0.3) is 0 Å². The topological polar surface area (TPSA) is 55.1 Å². The summed E-state index contributed by atoms with van der Waals surface area (Å²) in [5.74, 6) is -0.926. The molecule has 3 nitrogen and oxygen atoms in total. The second-order valence-corrected chi connectivity index (χ2v) is 5.35. The van der Waals surface area contributed by atoms with Gasteiger partial charge in [-0.2, -0.15) is 0 Å². The first-order valence-corrected chi connectivity index (χ1v) is 7.09. The molecule has 2 aromatic carbocycles. The predicted molar refractivity (Wildman–Crippen MR) is 80.7 cm³/mol. The summed E-state index contributed by atoms with van der Waals surface area (Å²) in [4.78, 5) is 11.2. The number of amides is 1. The van der Waals surface area contributed by atoms with Crippen LogP contribution in [0.2, 0.25) is 0 Å². The molecule has 1 aliphatic carbocycles. The molecule has 3 rings (SSSR count). The van der Waals surface area contributed by atoms with Gasteiger partial charge >= 0.3 is 0 Å². The van der Waals surface area contributed by atoms with E-state index in [1.165, 1.54) is 29.3 Å². The van der Waals surface area contributed by atoms with E-state index in [4.69, 9.17) is 5.73 Å². The quantitative estimate of drug-likeness (QED) is 0.907. The minimum absolute atomic E-state index is 0.0626. The molecule has 3 N–H and O–H groups in total. The largest absolute Gasteiger partial charge is 0.376 e. The van der Waals surface area contributed by atoms with E-state index < -0.39 is 5.91 Å². The van der Waals surface area contributed by atoms with Crippen molar-refractivity contribution in [2.24, 2.45) is 5.73 Å². The van der Waals surface area contributed by atoms with E-state index in [2.05, 4.69) is 17.4 Å². The highest BCUT2D eigenvalue weighted by Gasteiger charge is 2.20. The lowest BCUT2D eigenvalue weighted by atomic mass is 9.87. The summed E-state index contributed by atoms with van der Waals surface area (Å²) in [5, 5.41) is 3.22. The molecule has 0 aliphatic heterocycles. The molecular weight excluding hydrogens is 267 g/mol. The molecule has 0 saturated heterocycles. The fraction of sp³-hybridized carbons (Fsp3) is 0.235. The Bertz CT molecular complexity index is 684. The van der Waals surface area contributed by atoms with Gasteiger partial charge in [0.15, 0.2) is 0 Å². The first kappa shape index (κ1) is 13.6. The van der Waals surface area contributed by atoms with Crippen LogP contribution in [-0.2, 0) is 6.42 Å². The average molecular weight is 284 g/mol. The van der Waals surface area contributed by atoms with Gasteiger partial charge in [0, 0.05) is 5.56 Å². The van der Waals surface area contributed by atoms with Crippen LogP contribution < -0.4 is 11.1 Å². The number of hydrogen-bond donors (Lipinski definition) is 2. The second kappa shape index (κ2) is 5.56. The molecule has 108 valence electrons. The number of aryl methyl sites for hydroxylation is 1. The van der Waals surface area contributed by atoms with Crippen molar-refractivity contribution in [1.29, 1.82) is 0 Å². The molecule has 1 atom stereocenters. The Morgan fingerprint density at radius 1 is 1.24 bits per heavy atom. The number of nitrogens with two attached hydrogens (primary N) is 1. The standard InChI is InChI=1S/C17H17FN2O/c18-14-9-8-12(17(19)21)10-16(14)20-15-7-3-5-11-4-1-2-6-13(11)15/h1-2,4,6,8-10,15,20H,3,5,7H2,(H2,19,21). The third-order valence-corrected chi connectivity index (χ3v) is 3.95. The minimum Gasteiger partial charge on any atom is -0.376 e. The van der Waals surface area contributed by atoms with Crippen LogP contribution in [0.1, 0.15) is 40.4 Å². The molecule has 1 unspecified atom stereocenters. The van der Waals surface area contributed by atoms with Crippen LogP contribution in [0.5, 0.6) is 0 Å². The molecule has 0 spiro atoms. The minimum atomic E-state index is -0.554. The Morgan fingerprint density at radius 2 is 2.05 bits per heavy atom. The first-order valence-electron chi connectivity index (χ1n) is 7.09. The van der Waals surface area contributed by atoms with Gasteiger partial charge in [-0.05, 0) is 48.6 Å². The molecule has 0 saturated carbocycles. The van der Waals surface area contributed by atoms with E-state index in [9.17, 15) is 9.18 Å². The Labute approximate surface area is 123 Å². The summed E-state index contributed by atoms with van der Waals surface area (Å²) < 4.78 is 13.9. The van der Waals surface area contributed by atoms with Gasteiger partial charge in [0.05, 0.1) is 11.7 Å². The summed E-state index contributed by atoms with van der Waals surface area (Å²) in [6.07, 6.45) is 3.06. The van der Waals surface area contributed by atoms with Gasteiger partial charge < -0.3 is 11.1 Å². The summed E-state index contributed by atoms with van der Waals surface area (Å²) in [7, 11) is 0. The normalized spacial score (nSPS) is 17.1. The fourth-order valence-corrected chi connectivity index (χ4v) is 2.88. The molecule has 0 heterocycles. The Morgan fingerprint density at radius 3 is 2.86 bits per heavy atom. The van der Waals surface area contributed by atoms with Crippen molar-refractivity contribution < 1.29 is 9.18 Å². The highest BCUT2D eigenvalue weighted by Crippen LogP contribution is 2.33. The number of anilines is 1. The van der Waals surface area contributed by atoms with Crippen molar-refractivity contribution >= 4 is 11.6 Å². The van der Waals surface area contributed by atoms with E-state index in [0.717, 1.165) is 19.3 Å². The Kier molecular flexibility index (Phi) is 3.60. The van der Waals surface area contributed by atoms with Crippen LogP contribution in [-0.4, -0.2) is 5.91 Å². The number of nitrogens with one attached hydrogen (secondary N) is 1. The smallest absolute Gasteiger partial charge is 0.248 e. The monoisotopic (exact) mass is 284 g/mol. The van der Waals surface area contributed by atoms with E-state index in [-0.39, 0.29) is 11.9 Å². The van der Waals surface area contributed by atoms with Crippen LogP contribution >= 0.6 is 0 Å². The average Bonchev–Trinajstić information content (AvgIpc) is 2.49. The molecule has 0 fully saturated rings. The highest BCUT2D eigenvalue weighted by atomic mass is 19.1. The lowest BCUT2D eigenvalue weighted by Crippen LogP contribution is -2.18. The highest BCUT2D eigenvalue weighted by molar-refractivity contribution is 5.93. The molecule has 2 aromatic rings. The predicted octanol–water partition coefficient (Wildman–Crippen LogP) is 3.41. The number of carbonyl (C=O) groups excluding carboxylic acids is 1. The van der Waals surface area contributed by atoms with Crippen molar-refractivity contribution in [2.75, 3.05) is 5.32 Å². The van der Waals surface area contributed by atoms with Crippen LogP contribution in [0.3, 0.4) is 0 Å². The van der Waals surface area contributed by atoms with Crippen LogP contribution in [0, 0.1) is 5.82 Å². The van der Waals surface area contributed by atoms with Crippen LogP contribution in [0.4, 0.5) is 10.1 Å². The van der Waals surface area contributed by atoms with Gasteiger partial charge in [-0.25, -0.2) is 4.39 Å². The van der Waals surface area contributed by atoms with Gasteiger partial charge in [-0.1, -0.05) is 24.3 Å². The lowest BCUT2D eigenvalue weighted by Gasteiger charge is -2.27. The first-order chi connectivity index (χ1) is 10.1. The fourth-order valence-electron chi connectivity index (χ4n) is 2.88. The summed E-state index contributed by atoms with van der Waals surface area (Å²) >= 11 is 0. The SMILES string of the molecule is NC(=O)c1ccc(F)c(NC2CCCc3ccccc32)c1. The summed E-state index contributed by atoms with van der Waals surface area (Å²) in [6.45, 7) is 0. The molecular formula is C17H17FN2O. The number of primary amides is 1. The van der Waals surface area contributed by atoms with Crippen molar-refractivity contribution in [1.82, 2.24) is 0 Å². The summed E-state index contributed by atoms with van der Waals surface area (Å²) in [5.41, 5.74) is 8.39. The molecule has 0 aromatic heterocycles. The number of rotatable bonds is 3. The molecule has 1 amide bonds. The molecule has 21 heavy (non-hydrogen) atoms. The van der Waals surface area contributed by atoms with E-state index in [1.54, 1.807) is 0 Å². The van der Waals surface area contributed by atoms with Gasteiger partial charge in [0.1, 0.15) is 5.82 Å². The number of carbonyl (C=O) groups is 1. The molecule has 4 heteroatoms. The summed E-state index contributed by atoms with van der Waals surface area (Å²) in [6, 6.07) is 12.4. The molecule has 1 aliphatic rings. The van der Waals surface area contributed by atoms with Crippen molar-refractivity contribution in [3.05, 3.63) is 65.0 Å². The van der Waals surface area contributed by atoms with Crippen molar-refractivity contribution in [3.8, 4) is 0 Å². The van der Waals surface area contributed by atoms with Crippen molar-refractivity contribution in [2.45, 2.75) is 25.3 Å². The molecule has 0 bridgehead atoms. The van der Waals surface area contributed by atoms with Gasteiger partial charge in [-0.15, -0.1) is 0 Å². The number of benzene rings is 2. The van der Waals surface area contributed by atoms with Gasteiger partial charge in [0.25, 0.3) is 0 Å². The van der Waals surface area contributed by atoms with Crippen molar-refractivity contribution in [3.63, 3.8) is 0 Å².